The molecule has 19 heavy (non-hydrogen) atoms. The van der Waals surface area contributed by atoms with E-state index in [1.165, 1.54) is 16.7 Å². The molecule has 0 fully saturated rings. The van der Waals surface area contributed by atoms with E-state index in [4.69, 9.17) is 0 Å². The molecule has 1 nitrogen and oxygen atoms in total. The van der Waals surface area contributed by atoms with Gasteiger partial charge in [-0.05, 0) is 44.6 Å². The summed E-state index contributed by atoms with van der Waals surface area (Å²) in [6, 6.07) is 8.71. The maximum atomic E-state index is 11.0. The van der Waals surface area contributed by atoms with Crippen LogP contribution in [0.4, 0.5) is 0 Å². The molecular weight excluding hydrogens is 232 g/mol. The van der Waals surface area contributed by atoms with Crippen LogP contribution < -0.4 is 0 Å². The van der Waals surface area contributed by atoms with Crippen LogP contribution in [-0.2, 0) is 10.2 Å². The Morgan fingerprint density at radius 2 is 1.84 bits per heavy atom. The number of rotatable bonds is 6. The van der Waals surface area contributed by atoms with Crippen molar-refractivity contribution in [3.63, 3.8) is 0 Å². The fourth-order valence-electron chi connectivity index (χ4n) is 2.46. The van der Waals surface area contributed by atoms with Crippen LogP contribution in [0.3, 0.4) is 0 Å². The van der Waals surface area contributed by atoms with Gasteiger partial charge >= 0.3 is 0 Å². The van der Waals surface area contributed by atoms with E-state index < -0.39 is 0 Å². The highest BCUT2D eigenvalue weighted by atomic mass is 16.1. The van der Waals surface area contributed by atoms with Crippen molar-refractivity contribution >= 4 is 6.29 Å². The summed E-state index contributed by atoms with van der Waals surface area (Å²) in [5.74, 6) is 0.0943. The van der Waals surface area contributed by atoms with Crippen LogP contribution in [0.5, 0.6) is 0 Å². The number of aryl methyl sites for hydroxylation is 1. The molecule has 2 unspecified atom stereocenters. The van der Waals surface area contributed by atoms with E-state index in [9.17, 15) is 4.79 Å². The largest absolute Gasteiger partial charge is 0.303 e. The first-order valence-corrected chi connectivity index (χ1v) is 7.03. The lowest BCUT2D eigenvalue weighted by Gasteiger charge is -2.31. The summed E-state index contributed by atoms with van der Waals surface area (Å²) in [7, 11) is 0. The first kappa shape index (κ1) is 15.7. The Balaban J connectivity index is 3.06. The van der Waals surface area contributed by atoms with Crippen LogP contribution in [-0.4, -0.2) is 6.29 Å². The molecule has 1 heteroatoms. The van der Waals surface area contributed by atoms with Crippen molar-refractivity contribution in [3.05, 3.63) is 47.0 Å². The molecule has 0 saturated heterocycles. The topological polar surface area (TPSA) is 17.1 Å². The minimum Gasteiger partial charge on any atom is -0.303 e. The number of hydrogen-bond acceptors (Lipinski definition) is 1. The molecule has 0 aliphatic carbocycles. The molecule has 1 rings (SSSR count). The van der Waals surface area contributed by atoms with Crippen LogP contribution in [0, 0.1) is 12.8 Å². The van der Waals surface area contributed by atoms with Crippen molar-refractivity contribution in [1.29, 1.82) is 0 Å². The van der Waals surface area contributed by atoms with E-state index in [2.05, 4.69) is 58.0 Å². The van der Waals surface area contributed by atoms with Gasteiger partial charge in [-0.25, -0.2) is 0 Å². The first-order valence-electron chi connectivity index (χ1n) is 7.03. The lowest BCUT2D eigenvalue weighted by molar-refractivity contribution is -0.111. The molecule has 0 aliphatic heterocycles. The van der Waals surface area contributed by atoms with Crippen molar-refractivity contribution in [3.8, 4) is 0 Å². The average molecular weight is 258 g/mol. The summed E-state index contributed by atoms with van der Waals surface area (Å²) >= 11 is 0. The Kier molecular flexibility index (Phi) is 5.53. The molecule has 0 amide bonds. The lowest BCUT2D eigenvalue weighted by Crippen LogP contribution is -2.25. The molecule has 0 aromatic heterocycles. The molecular formula is C18H26O. The van der Waals surface area contributed by atoms with Crippen LogP contribution in [0.15, 0.2) is 35.9 Å². The van der Waals surface area contributed by atoms with Gasteiger partial charge in [-0.3, -0.25) is 0 Å². The normalized spacial score (nSPS) is 15.4. The van der Waals surface area contributed by atoms with E-state index in [1.807, 2.05) is 6.92 Å². The van der Waals surface area contributed by atoms with E-state index in [1.54, 1.807) is 0 Å². The molecule has 0 N–H and O–H groups in total. The number of carbonyl (C=O) groups excluding carboxylic acids is 1. The first-order chi connectivity index (χ1) is 8.87. The summed E-state index contributed by atoms with van der Waals surface area (Å²) in [4.78, 5) is 11.0. The summed E-state index contributed by atoms with van der Waals surface area (Å²) in [6.07, 6.45) is 5.21. The standard InChI is InChI=1S/C18H26O/c1-14(2)10-11-18(5,12-16(4)13-19)17-8-6-15(3)7-9-17/h6-10,13,16H,11-12H2,1-5H3. The van der Waals surface area contributed by atoms with Gasteiger partial charge in [0.25, 0.3) is 0 Å². The van der Waals surface area contributed by atoms with Gasteiger partial charge in [0, 0.05) is 5.92 Å². The summed E-state index contributed by atoms with van der Waals surface area (Å²) in [5.41, 5.74) is 3.96. The fraction of sp³-hybridized carbons (Fsp3) is 0.500. The SMILES string of the molecule is CC(C)=CCC(C)(CC(C)C=O)c1ccc(C)cc1. The minimum atomic E-state index is 0.0330. The number of aldehydes is 1. The van der Waals surface area contributed by atoms with Gasteiger partial charge in [-0.1, -0.05) is 55.3 Å². The molecule has 0 heterocycles. The van der Waals surface area contributed by atoms with Crippen molar-refractivity contribution in [1.82, 2.24) is 0 Å². The minimum absolute atomic E-state index is 0.0330. The Morgan fingerprint density at radius 1 is 1.26 bits per heavy atom. The molecule has 104 valence electrons. The maximum Gasteiger partial charge on any atom is 0.122 e. The molecule has 1 aromatic rings. The molecule has 0 aliphatic rings. The Labute approximate surface area is 117 Å². The second kappa shape index (κ2) is 6.70. The Morgan fingerprint density at radius 3 is 2.32 bits per heavy atom. The predicted molar refractivity (Wildman–Crippen MR) is 82.4 cm³/mol. The van der Waals surface area contributed by atoms with Crippen molar-refractivity contribution < 1.29 is 4.79 Å². The molecule has 0 bridgehead atoms. The van der Waals surface area contributed by atoms with E-state index in [0.717, 1.165) is 19.1 Å². The highest BCUT2D eigenvalue weighted by Gasteiger charge is 2.27. The van der Waals surface area contributed by atoms with Gasteiger partial charge in [-0.15, -0.1) is 0 Å². The van der Waals surface area contributed by atoms with E-state index >= 15 is 0 Å². The molecule has 1 aromatic carbocycles. The average Bonchev–Trinajstić information content (AvgIpc) is 2.37. The van der Waals surface area contributed by atoms with Gasteiger partial charge in [0.15, 0.2) is 0 Å². The molecule has 2 atom stereocenters. The van der Waals surface area contributed by atoms with Crippen molar-refractivity contribution in [2.24, 2.45) is 5.92 Å². The highest BCUT2D eigenvalue weighted by molar-refractivity contribution is 5.53. The van der Waals surface area contributed by atoms with E-state index in [0.29, 0.717) is 0 Å². The number of carbonyl (C=O) groups is 1. The van der Waals surface area contributed by atoms with Crippen molar-refractivity contribution in [2.45, 2.75) is 52.9 Å². The van der Waals surface area contributed by atoms with Gasteiger partial charge in [0.1, 0.15) is 6.29 Å². The zero-order chi connectivity index (χ0) is 14.5. The maximum absolute atomic E-state index is 11.0. The van der Waals surface area contributed by atoms with Crippen LogP contribution in [0.2, 0.25) is 0 Å². The molecule has 0 saturated carbocycles. The van der Waals surface area contributed by atoms with Gasteiger partial charge in [0.2, 0.25) is 0 Å². The van der Waals surface area contributed by atoms with Crippen LogP contribution in [0.25, 0.3) is 0 Å². The van der Waals surface area contributed by atoms with E-state index in [-0.39, 0.29) is 11.3 Å². The smallest absolute Gasteiger partial charge is 0.122 e. The highest BCUT2D eigenvalue weighted by Crippen LogP contribution is 2.35. The Bertz CT molecular complexity index is 437. The van der Waals surface area contributed by atoms with Crippen LogP contribution >= 0.6 is 0 Å². The second-order valence-corrected chi connectivity index (χ2v) is 6.23. The zero-order valence-electron chi connectivity index (χ0n) is 12.9. The third-order valence-corrected chi connectivity index (χ3v) is 3.71. The van der Waals surface area contributed by atoms with Crippen LogP contribution in [0.1, 0.15) is 51.7 Å². The summed E-state index contributed by atoms with van der Waals surface area (Å²) in [5, 5.41) is 0. The number of allylic oxidation sites excluding steroid dienone is 2. The zero-order valence-corrected chi connectivity index (χ0v) is 12.9. The van der Waals surface area contributed by atoms with Gasteiger partial charge in [0.05, 0.1) is 0 Å². The number of hydrogen-bond donors (Lipinski definition) is 0. The monoisotopic (exact) mass is 258 g/mol. The third kappa shape index (κ3) is 4.66. The third-order valence-electron chi connectivity index (χ3n) is 3.71. The number of benzene rings is 1. The molecule has 0 spiro atoms. The Hall–Kier alpha value is -1.37. The molecule has 0 radical (unpaired) electrons. The quantitative estimate of drug-likeness (QED) is 0.527. The fourth-order valence-corrected chi connectivity index (χ4v) is 2.46. The summed E-state index contributed by atoms with van der Waals surface area (Å²) in [6.45, 7) is 10.6. The lowest BCUT2D eigenvalue weighted by atomic mass is 9.73. The summed E-state index contributed by atoms with van der Waals surface area (Å²) < 4.78 is 0. The van der Waals surface area contributed by atoms with Gasteiger partial charge in [-0.2, -0.15) is 0 Å². The predicted octanol–water partition coefficient (Wildman–Crippen LogP) is 4.83. The second-order valence-electron chi connectivity index (χ2n) is 6.23. The van der Waals surface area contributed by atoms with Gasteiger partial charge < -0.3 is 4.79 Å². The van der Waals surface area contributed by atoms with Crippen molar-refractivity contribution in [2.75, 3.05) is 0 Å².